The van der Waals surface area contributed by atoms with Crippen molar-refractivity contribution in [1.82, 2.24) is 15.0 Å². The summed E-state index contributed by atoms with van der Waals surface area (Å²) in [4.78, 5) is 25.8. The molecule has 0 atom stereocenters. The van der Waals surface area contributed by atoms with E-state index in [1.54, 1.807) is 25.3 Å². The Morgan fingerprint density at radius 1 is 0.951 bits per heavy atom. The Morgan fingerprint density at radius 2 is 1.59 bits per heavy atom. The summed E-state index contributed by atoms with van der Waals surface area (Å²) >= 11 is 1.16. The first-order valence-electron chi connectivity index (χ1n) is 12.3. The molecule has 0 spiro atoms. The molecular weight excluding hydrogens is 591 g/mol. The summed E-state index contributed by atoms with van der Waals surface area (Å²) < 4.78 is 58.7. The Hall–Kier alpha value is -3.68. The van der Waals surface area contributed by atoms with Crippen molar-refractivity contribution in [3.8, 4) is 23.3 Å². The van der Waals surface area contributed by atoms with Gasteiger partial charge in [0, 0.05) is 35.7 Å². The first kappa shape index (κ1) is 30.3. The van der Waals surface area contributed by atoms with E-state index >= 15 is 0 Å². The number of nitrogens with zero attached hydrogens (tertiary/aromatic N) is 3. The summed E-state index contributed by atoms with van der Waals surface area (Å²) in [5.74, 6) is 0.292. The average molecular weight is 619 g/mol. The Bertz CT molecular complexity index is 1640. The molecule has 0 aliphatic heterocycles. The average Bonchev–Trinajstić information content (AvgIpc) is 3.35. The largest absolute Gasteiger partial charge is 0.457 e. The second-order valence-electron chi connectivity index (χ2n) is 8.37. The number of anilines is 1. The van der Waals surface area contributed by atoms with Crippen molar-refractivity contribution in [2.24, 2.45) is 0 Å². The summed E-state index contributed by atoms with van der Waals surface area (Å²) in [6, 6.07) is 12.1. The summed E-state index contributed by atoms with van der Waals surface area (Å²) in [5.41, 5.74) is 0.627. The van der Waals surface area contributed by atoms with Crippen molar-refractivity contribution >= 4 is 39.8 Å². The van der Waals surface area contributed by atoms with Gasteiger partial charge in [0.25, 0.3) is 5.91 Å². The molecule has 12 nitrogen and oxygen atoms in total. The standard InChI is InChI=1S/C26H27N4O8PS2/c1-4-35-39(32,36-5-2)16-19-17-40-26(29-19)30-24(31)18-13-21(15-22(14-18)38-25-27-11-6-12-28-25)37-20-7-9-23(10-8-20)41(3,33)34/h6-15,17H,4-5,16H2,1-3H3,(H,29,30,31). The molecule has 0 saturated carbocycles. The highest BCUT2D eigenvalue weighted by Gasteiger charge is 2.26. The lowest BCUT2D eigenvalue weighted by atomic mass is 10.2. The van der Waals surface area contributed by atoms with Crippen LogP contribution in [0.3, 0.4) is 0 Å². The van der Waals surface area contributed by atoms with Gasteiger partial charge < -0.3 is 18.5 Å². The zero-order valence-corrected chi connectivity index (χ0v) is 24.9. The molecule has 0 unspecified atom stereocenters. The number of hydrogen-bond donors (Lipinski definition) is 1. The molecule has 2 heterocycles. The first-order valence-corrected chi connectivity index (χ1v) is 16.8. The van der Waals surface area contributed by atoms with Gasteiger partial charge in [0.05, 0.1) is 30.0 Å². The number of hydrogen-bond acceptors (Lipinski definition) is 12. The van der Waals surface area contributed by atoms with Gasteiger partial charge >= 0.3 is 13.6 Å². The Kier molecular flexibility index (Phi) is 9.84. The van der Waals surface area contributed by atoms with Crippen LogP contribution in [0.4, 0.5) is 5.13 Å². The molecule has 0 radical (unpaired) electrons. The number of amides is 1. The number of thiazole rings is 1. The molecule has 1 N–H and O–H groups in total. The van der Waals surface area contributed by atoms with Crippen molar-refractivity contribution < 1.29 is 36.3 Å². The molecule has 0 saturated heterocycles. The molecule has 0 bridgehead atoms. The topological polar surface area (TPSA) is 156 Å². The summed E-state index contributed by atoms with van der Waals surface area (Å²) in [7, 11) is -6.73. The maximum atomic E-state index is 13.2. The number of carbonyl (C=O) groups is 1. The van der Waals surface area contributed by atoms with E-state index < -0.39 is 23.3 Å². The van der Waals surface area contributed by atoms with E-state index in [9.17, 15) is 17.8 Å². The SMILES string of the molecule is CCOP(=O)(Cc1csc(NC(=O)c2cc(Oc3ccc(S(C)(=O)=O)cc3)cc(Oc3ncccn3)c2)n1)OCC. The number of rotatable bonds is 13. The molecular formula is C26H27N4O8PS2. The van der Waals surface area contributed by atoms with Gasteiger partial charge in [-0.15, -0.1) is 11.3 Å². The van der Waals surface area contributed by atoms with Crippen LogP contribution in [-0.2, 0) is 29.6 Å². The maximum absolute atomic E-state index is 13.2. The van der Waals surface area contributed by atoms with Crippen molar-refractivity contribution in [3.63, 3.8) is 0 Å². The van der Waals surface area contributed by atoms with E-state index in [2.05, 4.69) is 20.3 Å². The summed E-state index contributed by atoms with van der Waals surface area (Å²) in [5, 5.41) is 4.67. The number of sulfone groups is 1. The van der Waals surface area contributed by atoms with Crippen LogP contribution in [0.25, 0.3) is 0 Å². The Balaban J connectivity index is 1.56. The maximum Gasteiger partial charge on any atom is 0.336 e. The van der Waals surface area contributed by atoms with Crippen molar-refractivity contribution in [1.29, 1.82) is 0 Å². The highest BCUT2D eigenvalue weighted by atomic mass is 32.2. The van der Waals surface area contributed by atoms with Gasteiger partial charge in [-0.3, -0.25) is 14.7 Å². The smallest absolute Gasteiger partial charge is 0.336 e. The minimum Gasteiger partial charge on any atom is -0.457 e. The van der Waals surface area contributed by atoms with Gasteiger partial charge in [0.2, 0.25) is 0 Å². The predicted molar refractivity (Wildman–Crippen MR) is 153 cm³/mol. The lowest BCUT2D eigenvalue weighted by Gasteiger charge is -2.15. The lowest BCUT2D eigenvalue weighted by molar-refractivity contribution is 0.102. The lowest BCUT2D eigenvalue weighted by Crippen LogP contribution is -2.12. The van der Waals surface area contributed by atoms with Crippen LogP contribution in [0.1, 0.15) is 29.9 Å². The third-order valence-corrected chi connectivity index (χ3v) is 9.11. The van der Waals surface area contributed by atoms with E-state index in [0.29, 0.717) is 11.4 Å². The molecule has 1 amide bonds. The highest BCUT2D eigenvalue weighted by Crippen LogP contribution is 2.51. The molecule has 0 aliphatic carbocycles. The third-order valence-electron chi connectivity index (χ3n) is 5.16. The monoisotopic (exact) mass is 618 g/mol. The molecule has 0 aliphatic rings. The fourth-order valence-corrected chi connectivity index (χ4v) is 6.54. The van der Waals surface area contributed by atoms with Crippen molar-refractivity contribution in [2.75, 3.05) is 24.8 Å². The summed E-state index contributed by atoms with van der Waals surface area (Å²) in [6.45, 7) is 3.90. The van der Waals surface area contributed by atoms with Gasteiger partial charge in [-0.1, -0.05) is 0 Å². The van der Waals surface area contributed by atoms with Gasteiger partial charge in [-0.05, 0) is 56.3 Å². The molecule has 15 heteroatoms. The second kappa shape index (κ2) is 13.3. The number of benzene rings is 2. The van der Waals surface area contributed by atoms with Crippen molar-refractivity contribution in [3.05, 3.63) is 77.6 Å². The van der Waals surface area contributed by atoms with E-state index in [1.165, 1.54) is 54.9 Å². The Labute approximate surface area is 241 Å². The van der Waals surface area contributed by atoms with E-state index in [4.69, 9.17) is 18.5 Å². The molecule has 41 heavy (non-hydrogen) atoms. The van der Waals surface area contributed by atoms with E-state index in [-0.39, 0.29) is 52.5 Å². The number of aromatic nitrogens is 3. The van der Waals surface area contributed by atoms with E-state index in [0.717, 1.165) is 17.6 Å². The Morgan fingerprint density at radius 3 is 2.20 bits per heavy atom. The van der Waals surface area contributed by atoms with Crippen LogP contribution in [-0.4, -0.2) is 48.7 Å². The molecule has 216 valence electrons. The fourth-order valence-electron chi connectivity index (χ4n) is 3.48. The van der Waals surface area contributed by atoms with Crippen LogP contribution in [0.15, 0.2) is 71.2 Å². The number of carbonyl (C=O) groups excluding carboxylic acids is 1. The van der Waals surface area contributed by atoms with Crippen LogP contribution in [0.2, 0.25) is 0 Å². The third kappa shape index (κ3) is 8.65. The first-order chi connectivity index (χ1) is 19.6. The zero-order chi connectivity index (χ0) is 29.5. The van der Waals surface area contributed by atoms with Gasteiger partial charge in [0.1, 0.15) is 17.2 Å². The van der Waals surface area contributed by atoms with Crippen LogP contribution < -0.4 is 14.8 Å². The van der Waals surface area contributed by atoms with Crippen LogP contribution in [0.5, 0.6) is 23.3 Å². The number of nitrogens with one attached hydrogen (secondary N) is 1. The molecule has 2 aromatic heterocycles. The molecule has 0 fully saturated rings. The van der Waals surface area contributed by atoms with Crippen LogP contribution >= 0.6 is 18.9 Å². The van der Waals surface area contributed by atoms with Gasteiger partial charge in [0.15, 0.2) is 15.0 Å². The van der Waals surface area contributed by atoms with Crippen LogP contribution in [0, 0.1) is 0 Å². The highest BCUT2D eigenvalue weighted by molar-refractivity contribution is 7.90. The van der Waals surface area contributed by atoms with Crippen molar-refractivity contribution in [2.45, 2.75) is 24.9 Å². The quantitative estimate of drug-likeness (QED) is 0.177. The zero-order valence-electron chi connectivity index (χ0n) is 22.3. The predicted octanol–water partition coefficient (Wildman–Crippen LogP) is 5.94. The summed E-state index contributed by atoms with van der Waals surface area (Å²) in [6.07, 6.45) is 4.10. The minimum absolute atomic E-state index is 0.0302. The number of ether oxygens (including phenoxy) is 2. The molecule has 4 rings (SSSR count). The van der Waals surface area contributed by atoms with Gasteiger partial charge in [-0.2, -0.15) is 0 Å². The normalized spacial score (nSPS) is 11.7. The minimum atomic E-state index is -3.37. The van der Waals surface area contributed by atoms with E-state index in [1.807, 2.05) is 0 Å². The fraction of sp³-hybridized carbons (Fsp3) is 0.231. The molecule has 4 aromatic rings. The second-order valence-corrected chi connectivity index (χ2v) is 13.3. The molecule has 2 aromatic carbocycles. The van der Waals surface area contributed by atoms with Gasteiger partial charge in [-0.25, -0.2) is 23.4 Å².